The van der Waals surface area contributed by atoms with Gasteiger partial charge in [0, 0.05) is 13.1 Å². The molecule has 0 saturated heterocycles. The lowest BCUT2D eigenvalue weighted by molar-refractivity contribution is 0.125. The van der Waals surface area contributed by atoms with Crippen molar-refractivity contribution in [1.29, 1.82) is 0 Å². The quantitative estimate of drug-likeness (QED) is 0.762. The summed E-state index contributed by atoms with van der Waals surface area (Å²) in [6, 6.07) is 20.9. The van der Waals surface area contributed by atoms with E-state index in [-0.39, 0.29) is 6.10 Å². The van der Waals surface area contributed by atoms with E-state index < -0.39 is 0 Å². The summed E-state index contributed by atoms with van der Waals surface area (Å²) in [5.41, 5.74) is 3.66. The highest BCUT2D eigenvalue weighted by Gasteiger charge is 2.20. The zero-order valence-corrected chi connectivity index (χ0v) is 14.9. The van der Waals surface area contributed by atoms with Gasteiger partial charge in [-0.15, -0.1) is 0 Å². The van der Waals surface area contributed by atoms with Crippen molar-refractivity contribution in [2.75, 3.05) is 6.54 Å². The molecule has 0 aliphatic heterocycles. The van der Waals surface area contributed by atoms with Crippen LogP contribution in [0.15, 0.2) is 66.7 Å². The van der Waals surface area contributed by atoms with Gasteiger partial charge in [-0.05, 0) is 35.5 Å². The molecule has 2 N–H and O–H groups in total. The van der Waals surface area contributed by atoms with Gasteiger partial charge in [0.1, 0.15) is 0 Å². The van der Waals surface area contributed by atoms with Gasteiger partial charge in [0.25, 0.3) is 0 Å². The Labute approximate surface area is 151 Å². The van der Waals surface area contributed by atoms with Crippen LogP contribution in [0.4, 0.5) is 0 Å². The third-order valence-electron chi connectivity index (χ3n) is 5.14. The SMILES string of the molecule is OC(/C=C(/CNCc1ccccc1)c1ccccc1)C1CCCCC1. The molecular formula is C23H29NO. The minimum atomic E-state index is -0.339. The molecule has 1 atom stereocenters. The van der Waals surface area contributed by atoms with Crippen LogP contribution < -0.4 is 5.32 Å². The summed E-state index contributed by atoms with van der Waals surface area (Å²) in [7, 11) is 0. The van der Waals surface area contributed by atoms with E-state index >= 15 is 0 Å². The van der Waals surface area contributed by atoms with Crippen molar-refractivity contribution in [2.24, 2.45) is 5.92 Å². The molecule has 1 aliphatic rings. The third kappa shape index (κ3) is 5.55. The summed E-state index contributed by atoms with van der Waals surface area (Å²) in [6.07, 6.45) is 7.87. The molecule has 0 bridgehead atoms. The molecule has 0 amide bonds. The molecule has 2 heteroatoms. The lowest BCUT2D eigenvalue weighted by Gasteiger charge is -2.25. The number of benzene rings is 2. The number of aliphatic hydroxyl groups is 1. The van der Waals surface area contributed by atoms with E-state index in [1.165, 1.54) is 36.0 Å². The van der Waals surface area contributed by atoms with Crippen LogP contribution in [0.1, 0.15) is 43.2 Å². The normalized spacial score (nSPS) is 17.4. The number of rotatable bonds is 7. The van der Waals surface area contributed by atoms with E-state index in [1.807, 2.05) is 12.1 Å². The van der Waals surface area contributed by atoms with Crippen LogP contribution in [0.2, 0.25) is 0 Å². The van der Waals surface area contributed by atoms with Crippen LogP contribution in [0, 0.1) is 5.92 Å². The minimum Gasteiger partial charge on any atom is -0.389 e. The Morgan fingerprint density at radius 3 is 2.28 bits per heavy atom. The number of hydrogen-bond acceptors (Lipinski definition) is 2. The topological polar surface area (TPSA) is 32.3 Å². The molecule has 2 aromatic rings. The highest BCUT2D eigenvalue weighted by atomic mass is 16.3. The van der Waals surface area contributed by atoms with Crippen LogP contribution >= 0.6 is 0 Å². The van der Waals surface area contributed by atoms with Gasteiger partial charge in [-0.1, -0.05) is 86.0 Å². The van der Waals surface area contributed by atoms with E-state index in [9.17, 15) is 5.11 Å². The van der Waals surface area contributed by atoms with Crippen LogP contribution in [-0.2, 0) is 6.54 Å². The number of hydrogen-bond donors (Lipinski definition) is 2. The molecule has 0 aromatic heterocycles. The van der Waals surface area contributed by atoms with Gasteiger partial charge >= 0.3 is 0 Å². The Morgan fingerprint density at radius 2 is 1.60 bits per heavy atom. The van der Waals surface area contributed by atoms with Gasteiger partial charge in [-0.3, -0.25) is 0 Å². The maximum atomic E-state index is 10.7. The lowest BCUT2D eigenvalue weighted by atomic mass is 9.84. The first-order chi connectivity index (χ1) is 12.3. The Bertz CT molecular complexity index is 644. The van der Waals surface area contributed by atoms with Gasteiger partial charge in [0.15, 0.2) is 0 Å². The van der Waals surface area contributed by atoms with Gasteiger partial charge < -0.3 is 10.4 Å². The molecule has 0 heterocycles. The zero-order chi connectivity index (χ0) is 17.3. The first-order valence-electron chi connectivity index (χ1n) is 9.52. The summed E-state index contributed by atoms with van der Waals surface area (Å²) in [5.74, 6) is 0.418. The summed E-state index contributed by atoms with van der Waals surface area (Å²) in [5, 5.41) is 14.2. The standard InChI is InChI=1S/C23H29NO/c25-23(21-14-8-3-9-15-21)16-22(20-12-6-2-7-13-20)18-24-17-19-10-4-1-5-11-19/h1-2,4-7,10-13,16,21,23-25H,3,8-9,14-15,17-18H2/b22-16-. The fourth-order valence-corrected chi connectivity index (χ4v) is 3.66. The molecule has 0 radical (unpaired) electrons. The highest BCUT2D eigenvalue weighted by molar-refractivity contribution is 5.67. The summed E-state index contributed by atoms with van der Waals surface area (Å²) < 4.78 is 0. The predicted molar refractivity (Wildman–Crippen MR) is 105 cm³/mol. The summed E-state index contributed by atoms with van der Waals surface area (Å²) >= 11 is 0. The van der Waals surface area contributed by atoms with Crippen LogP contribution in [0.25, 0.3) is 5.57 Å². The largest absolute Gasteiger partial charge is 0.389 e. The molecule has 1 aliphatic carbocycles. The maximum absolute atomic E-state index is 10.7. The van der Waals surface area contributed by atoms with Crippen molar-refractivity contribution >= 4 is 5.57 Å². The average Bonchev–Trinajstić information content (AvgIpc) is 2.69. The molecule has 1 fully saturated rings. The van der Waals surface area contributed by atoms with E-state index in [4.69, 9.17) is 0 Å². The van der Waals surface area contributed by atoms with Crippen LogP contribution in [0.5, 0.6) is 0 Å². The van der Waals surface area contributed by atoms with E-state index in [2.05, 4.69) is 59.9 Å². The number of nitrogens with one attached hydrogen (secondary N) is 1. The minimum absolute atomic E-state index is 0.339. The van der Waals surface area contributed by atoms with Crippen molar-refractivity contribution in [3.05, 3.63) is 77.9 Å². The third-order valence-corrected chi connectivity index (χ3v) is 5.14. The van der Waals surface area contributed by atoms with E-state index in [0.717, 1.165) is 25.9 Å². The second-order valence-electron chi connectivity index (χ2n) is 7.04. The van der Waals surface area contributed by atoms with Gasteiger partial charge in [-0.25, -0.2) is 0 Å². The molecule has 1 saturated carbocycles. The number of aliphatic hydroxyl groups excluding tert-OH is 1. The molecule has 1 unspecified atom stereocenters. The molecule has 0 spiro atoms. The lowest BCUT2D eigenvalue weighted by Crippen LogP contribution is -2.23. The fourth-order valence-electron chi connectivity index (χ4n) is 3.66. The Hall–Kier alpha value is -1.90. The monoisotopic (exact) mass is 335 g/mol. The average molecular weight is 335 g/mol. The van der Waals surface area contributed by atoms with Crippen LogP contribution in [0.3, 0.4) is 0 Å². The molecule has 2 nitrogen and oxygen atoms in total. The van der Waals surface area contributed by atoms with Crippen molar-refractivity contribution < 1.29 is 5.11 Å². The van der Waals surface area contributed by atoms with Crippen molar-refractivity contribution in [1.82, 2.24) is 5.32 Å². The first kappa shape index (κ1) is 17.9. The molecular weight excluding hydrogens is 306 g/mol. The Kier molecular flexibility index (Phi) is 6.84. The Balaban J connectivity index is 1.67. The first-order valence-corrected chi connectivity index (χ1v) is 9.52. The predicted octanol–water partition coefficient (Wildman–Crippen LogP) is 4.80. The molecule has 3 rings (SSSR count). The zero-order valence-electron chi connectivity index (χ0n) is 14.9. The van der Waals surface area contributed by atoms with Crippen molar-refractivity contribution in [2.45, 2.75) is 44.8 Å². The summed E-state index contributed by atoms with van der Waals surface area (Å²) in [6.45, 7) is 1.60. The summed E-state index contributed by atoms with van der Waals surface area (Å²) in [4.78, 5) is 0. The van der Waals surface area contributed by atoms with E-state index in [1.54, 1.807) is 0 Å². The fraction of sp³-hybridized carbons (Fsp3) is 0.391. The van der Waals surface area contributed by atoms with Gasteiger partial charge in [-0.2, -0.15) is 0 Å². The van der Waals surface area contributed by atoms with Gasteiger partial charge in [0.05, 0.1) is 6.10 Å². The van der Waals surface area contributed by atoms with Crippen molar-refractivity contribution in [3.63, 3.8) is 0 Å². The molecule has 25 heavy (non-hydrogen) atoms. The second-order valence-corrected chi connectivity index (χ2v) is 7.04. The highest BCUT2D eigenvalue weighted by Crippen LogP contribution is 2.28. The second kappa shape index (κ2) is 9.55. The molecule has 132 valence electrons. The van der Waals surface area contributed by atoms with E-state index in [0.29, 0.717) is 5.92 Å². The smallest absolute Gasteiger partial charge is 0.0755 e. The molecule has 2 aromatic carbocycles. The van der Waals surface area contributed by atoms with Crippen molar-refractivity contribution in [3.8, 4) is 0 Å². The maximum Gasteiger partial charge on any atom is 0.0755 e. The van der Waals surface area contributed by atoms with Crippen LogP contribution in [-0.4, -0.2) is 17.8 Å². The van der Waals surface area contributed by atoms with Gasteiger partial charge in [0.2, 0.25) is 0 Å². The Morgan fingerprint density at radius 1 is 0.960 bits per heavy atom.